The van der Waals surface area contributed by atoms with Gasteiger partial charge in [0.05, 0.1) is 6.20 Å². The van der Waals surface area contributed by atoms with Crippen LogP contribution in [0.2, 0.25) is 0 Å². The average Bonchev–Trinajstić information content (AvgIpc) is 3.06. The van der Waals surface area contributed by atoms with Crippen LogP contribution in [0.25, 0.3) is 5.65 Å². The van der Waals surface area contributed by atoms with Crippen LogP contribution in [0.3, 0.4) is 0 Å². The van der Waals surface area contributed by atoms with E-state index in [2.05, 4.69) is 25.0 Å². The van der Waals surface area contributed by atoms with Crippen LogP contribution >= 0.6 is 0 Å². The molecule has 0 spiro atoms. The monoisotopic (exact) mass is 324 g/mol. The number of hydrogen-bond donors (Lipinski definition) is 0. The van der Waals surface area contributed by atoms with Crippen LogP contribution in [0, 0.1) is 6.92 Å². The van der Waals surface area contributed by atoms with Gasteiger partial charge in [0, 0.05) is 56.1 Å². The van der Waals surface area contributed by atoms with Crippen molar-refractivity contribution in [2.24, 2.45) is 0 Å². The molecule has 0 unspecified atom stereocenters. The summed E-state index contributed by atoms with van der Waals surface area (Å²) < 4.78 is 7.70. The number of piperidine rings is 1. The lowest BCUT2D eigenvalue weighted by atomic mass is 10.1. The Morgan fingerprint density at radius 3 is 2.71 bits per heavy atom. The van der Waals surface area contributed by atoms with E-state index < -0.39 is 0 Å². The van der Waals surface area contributed by atoms with Crippen LogP contribution in [0.4, 0.5) is 0 Å². The molecular formula is C17H20N6O. The second kappa shape index (κ2) is 6.52. The minimum atomic E-state index is 0.190. The van der Waals surface area contributed by atoms with Gasteiger partial charge >= 0.3 is 6.01 Å². The van der Waals surface area contributed by atoms with E-state index in [4.69, 9.17) is 4.74 Å². The summed E-state index contributed by atoms with van der Waals surface area (Å²) in [5.41, 5.74) is 3.09. The maximum Gasteiger partial charge on any atom is 0.316 e. The van der Waals surface area contributed by atoms with Crippen molar-refractivity contribution in [3.8, 4) is 6.01 Å². The van der Waals surface area contributed by atoms with Gasteiger partial charge in [-0.15, -0.1) is 0 Å². The predicted octanol–water partition coefficient (Wildman–Crippen LogP) is 1.87. The molecule has 124 valence electrons. The molecule has 0 aromatic carbocycles. The van der Waals surface area contributed by atoms with E-state index in [1.165, 1.54) is 5.56 Å². The van der Waals surface area contributed by atoms with Gasteiger partial charge in [-0.2, -0.15) is 5.10 Å². The Morgan fingerprint density at radius 2 is 1.92 bits per heavy atom. The molecule has 0 atom stereocenters. The molecule has 4 heterocycles. The molecule has 3 aromatic heterocycles. The van der Waals surface area contributed by atoms with Crippen LogP contribution in [0.5, 0.6) is 6.01 Å². The zero-order valence-electron chi connectivity index (χ0n) is 13.7. The van der Waals surface area contributed by atoms with Gasteiger partial charge in [0.15, 0.2) is 5.65 Å². The topological polar surface area (TPSA) is 68.4 Å². The fourth-order valence-corrected chi connectivity index (χ4v) is 2.96. The summed E-state index contributed by atoms with van der Waals surface area (Å²) in [4.78, 5) is 15.3. The van der Waals surface area contributed by atoms with Crippen molar-refractivity contribution >= 4 is 5.65 Å². The molecule has 0 amide bonds. The van der Waals surface area contributed by atoms with Crippen molar-refractivity contribution in [1.29, 1.82) is 0 Å². The van der Waals surface area contributed by atoms with Crippen LogP contribution in [0.15, 0.2) is 37.1 Å². The smallest absolute Gasteiger partial charge is 0.316 e. The summed E-state index contributed by atoms with van der Waals surface area (Å²) in [6, 6.07) is 2.38. The first-order valence-corrected chi connectivity index (χ1v) is 8.22. The zero-order valence-corrected chi connectivity index (χ0v) is 13.7. The summed E-state index contributed by atoms with van der Waals surface area (Å²) in [5.74, 6) is 0. The molecule has 0 radical (unpaired) electrons. The highest BCUT2D eigenvalue weighted by atomic mass is 16.5. The van der Waals surface area contributed by atoms with Gasteiger partial charge in [-0.25, -0.2) is 19.5 Å². The number of hydrogen-bond acceptors (Lipinski definition) is 6. The highest BCUT2D eigenvalue weighted by Crippen LogP contribution is 2.17. The Labute approximate surface area is 140 Å². The predicted molar refractivity (Wildman–Crippen MR) is 88.7 cm³/mol. The fourth-order valence-electron chi connectivity index (χ4n) is 2.96. The fraction of sp³-hybridized carbons (Fsp3) is 0.412. The van der Waals surface area contributed by atoms with E-state index in [1.54, 1.807) is 18.6 Å². The van der Waals surface area contributed by atoms with E-state index in [0.29, 0.717) is 6.01 Å². The highest BCUT2D eigenvalue weighted by molar-refractivity contribution is 5.35. The third kappa shape index (κ3) is 3.35. The number of fused-ring (bicyclic) bond motifs is 1. The SMILES string of the molecule is Cc1cnc(OC2CCN(Cc3cnc4ccnn4c3)CC2)nc1. The van der Waals surface area contributed by atoms with E-state index in [9.17, 15) is 0 Å². The quantitative estimate of drug-likeness (QED) is 0.730. The largest absolute Gasteiger partial charge is 0.460 e. The molecule has 1 aliphatic rings. The van der Waals surface area contributed by atoms with Gasteiger partial charge in [0.25, 0.3) is 0 Å². The molecule has 7 heteroatoms. The van der Waals surface area contributed by atoms with Crippen molar-refractivity contribution in [3.63, 3.8) is 0 Å². The van der Waals surface area contributed by atoms with E-state index in [0.717, 1.165) is 43.7 Å². The van der Waals surface area contributed by atoms with E-state index in [1.807, 2.05) is 29.9 Å². The molecular weight excluding hydrogens is 304 g/mol. The maximum atomic E-state index is 5.88. The number of nitrogens with zero attached hydrogens (tertiary/aromatic N) is 6. The molecule has 0 saturated carbocycles. The van der Waals surface area contributed by atoms with Crippen LogP contribution in [0.1, 0.15) is 24.0 Å². The lowest BCUT2D eigenvalue weighted by molar-refractivity contribution is 0.0891. The maximum absolute atomic E-state index is 5.88. The summed E-state index contributed by atoms with van der Waals surface area (Å²) in [5, 5.41) is 4.24. The molecule has 0 bridgehead atoms. The molecule has 1 fully saturated rings. The van der Waals surface area contributed by atoms with Gasteiger partial charge in [-0.3, -0.25) is 4.90 Å². The summed E-state index contributed by atoms with van der Waals surface area (Å²) in [6.45, 7) is 4.84. The number of likely N-dealkylation sites (tertiary alicyclic amines) is 1. The number of rotatable bonds is 4. The van der Waals surface area contributed by atoms with Crippen molar-refractivity contribution in [2.75, 3.05) is 13.1 Å². The summed E-state index contributed by atoms with van der Waals surface area (Å²) in [6.07, 6.45) is 11.5. The van der Waals surface area contributed by atoms with Gasteiger partial charge < -0.3 is 4.74 Å². The van der Waals surface area contributed by atoms with Crippen molar-refractivity contribution < 1.29 is 4.74 Å². The Bertz CT molecular complexity index is 807. The number of ether oxygens (including phenoxy) is 1. The molecule has 0 aliphatic carbocycles. The lowest BCUT2D eigenvalue weighted by Gasteiger charge is -2.31. The molecule has 3 aromatic rings. The van der Waals surface area contributed by atoms with E-state index in [-0.39, 0.29) is 6.10 Å². The number of aromatic nitrogens is 5. The van der Waals surface area contributed by atoms with Gasteiger partial charge in [-0.1, -0.05) is 0 Å². The van der Waals surface area contributed by atoms with E-state index >= 15 is 0 Å². The molecule has 7 nitrogen and oxygen atoms in total. The molecule has 4 rings (SSSR count). The second-order valence-corrected chi connectivity index (χ2v) is 6.23. The van der Waals surface area contributed by atoms with Crippen LogP contribution in [-0.4, -0.2) is 48.7 Å². The molecule has 1 saturated heterocycles. The second-order valence-electron chi connectivity index (χ2n) is 6.23. The standard InChI is InChI=1S/C17H20N6O/c1-13-8-19-17(20-9-13)24-15-3-6-22(7-4-15)11-14-10-18-16-2-5-21-23(16)12-14/h2,5,8-10,12,15H,3-4,6-7,11H2,1H3. The first-order chi connectivity index (χ1) is 11.8. The average molecular weight is 324 g/mol. The van der Waals surface area contributed by atoms with Crippen molar-refractivity contribution in [3.05, 3.63) is 48.2 Å². The Hall–Kier alpha value is -2.54. The van der Waals surface area contributed by atoms with Crippen LogP contribution < -0.4 is 4.74 Å². The first-order valence-electron chi connectivity index (χ1n) is 8.22. The molecule has 24 heavy (non-hydrogen) atoms. The highest BCUT2D eigenvalue weighted by Gasteiger charge is 2.21. The van der Waals surface area contributed by atoms with Crippen LogP contribution in [-0.2, 0) is 6.54 Å². The van der Waals surface area contributed by atoms with Gasteiger partial charge in [-0.05, 0) is 25.3 Å². The zero-order chi connectivity index (χ0) is 16.4. The molecule has 1 aliphatic heterocycles. The third-order valence-corrected chi connectivity index (χ3v) is 4.27. The van der Waals surface area contributed by atoms with Crippen molar-refractivity contribution in [1.82, 2.24) is 29.5 Å². The normalized spacial score (nSPS) is 16.5. The first kappa shape index (κ1) is 15.0. The lowest BCUT2D eigenvalue weighted by Crippen LogP contribution is -2.38. The Morgan fingerprint density at radius 1 is 1.12 bits per heavy atom. The van der Waals surface area contributed by atoms with Gasteiger partial charge in [0.1, 0.15) is 6.10 Å². The minimum Gasteiger partial charge on any atom is -0.460 e. The summed E-state index contributed by atoms with van der Waals surface area (Å²) in [7, 11) is 0. The molecule has 0 N–H and O–H groups in total. The van der Waals surface area contributed by atoms with Crippen molar-refractivity contribution in [2.45, 2.75) is 32.4 Å². The summed E-state index contributed by atoms with van der Waals surface area (Å²) >= 11 is 0. The number of aryl methyl sites for hydroxylation is 1. The third-order valence-electron chi connectivity index (χ3n) is 4.27. The Balaban J connectivity index is 1.31. The minimum absolute atomic E-state index is 0.190. The Kier molecular flexibility index (Phi) is 4.08. The van der Waals surface area contributed by atoms with Gasteiger partial charge in [0.2, 0.25) is 0 Å².